The summed E-state index contributed by atoms with van der Waals surface area (Å²) in [7, 11) is -14.7. The van der Waals surface area contributed by atoms with Crippen LogP contribution < -0.4 is 0 Å². The molecule has 0 radical (unpaired) electrons. The van der Waals surface area contributed by atoms with Crippen molar-refractivity contribution in [3.05, 3.63) is 33.7 Å². The first-order valence-electron chi connectivity index (χ1n) is 5.77. The Kier molecular flexibility index (Phi) is 4.26. The van der Waals surface area contributed by atoms with E-state index in [2.05, 4.69) is 4.79 Å². The summed E-state index contributed by atoms with van der Waals surface area (Å²) in [5.74, 6) is 0. The van der Waals surface area contributed by atoms with Gasteiger partial charge in [-0.3, -0.25) is 13.7 Å². The van der Waals surface area contributed by atoms with Gasteiger partial charge in [-0.25, -0.2) is 0 Å². The Hall–Kier alpha value is -1.93. The highest BCUT2D eigenvalue weighted by Crippen LogP contribution is 2.33. The average molecular weight is 396 g/mol. The van der Waals surface area contributed by atoms with Gasteiger partial charge in [-0.2, -0.15) is 30.0 Å². The molecule has 0 bridgehead atoms. The maximum Gasteiger partial charge on any atom is 0.306 e. The van der Waals surface area contributed by atoms with Crippen molar-refractivity contribution in [1.82, 2.24) is 0 Å². The number of fused-ring (bicyclic) bond motifs is 1. The van der Waals surface area contributed by atoms with Crippen LogP contribution in [0.3, 0.4) is 0 Å². The van der Waals surface area contributed by atoms with Gasteiger partial charge in [-0.15, -0.1) is 0 Å². The maximum atomic E-state index is 11.5. The van der Waals surface area contributed by atoms with Gasteiger partial charge in [-0.1, -0.05) is 0 Å². The van der Waals surface area contributed by atoms with E-state index in [0.717, 1.165) is 6.08 Å². The SMILES string of the molecule is [N-]=[N+]=C1CC(S(=O)(=O)O)=Cc2cc(S(=O)(=O)O)cc(S(=O)(=O)O)c21. The zero-order valence-corrected chi connectivity index (χ0v) is 13.8. The van der Waals surface area contributed by atoms with Gasteiger partial charge in [0.1, 0.15) is 4.90 Å². The molecular formula is C10H8N2O9S3. The van der Waals surface area contributed by atoms with Crippen molar-refractivity contribution in [3.8, 4) is 0 Å². The van der Waals surface area contributed by atoms with Gasteiger partial charge in [0.15, 0.2) is 0 Å². The van der Waals surface area contributed by atoms with Crippen LogP contribution in [0.2, 0.25) is 0 Å². The summed E-state index contributed by atoms with van der Waals surface area (Å²) in [6, 6.07) is 1.11. The maximum absolute atomic E-state index is 11.5. The first kappa shape index (κ1) is 18.4. The molecule has 1 aromatic rings. The van der Waals surface area contributed by atoms with E-state index in [1.54, 1.807) is 0 Å². The molecule has 1 aliphatic rings. The summed E-state index contributed by atoms with van der Waals surface area (Å²) in [5, 5.41) is 0. The molecular weight excluding hydrogens is 388 g/mol. The summed E-state index contributed by atoms with van der Waals surface area (Å²) in [4.78, 5) is 0.0385. The van der Waals surface area contributed by atoms with E-state index in [1.807, 2.05) is 0 Å². The minimum absolute atomic E-state index is 0.418. The normalized spacial score (nSPS) is 15.5. The molecule has 0 fully saturated rings. The van der Waals surface area contributed by atoms with Crippen molar-refractivity contribution >= 4 is 42.1 Å². The summed E-state index contributed by atoms with van der Waals surface area (Å²) >= 11 is 0. The fourth-order valence-corrected chi connectivity index (χ4v) is 4.10. The Morgan fingerprint density at radius 3 is 1.92 bits per heavy atom. The predicted molar refractivity (Wildman–Crippen MR) is 77.9 cm³/mol. The minimum Gasteiger partial charge on any atom is -0.361 e. The van der Waals surface area contributed by atoms with Crippen LogP contribution in [0.15, 0.2) is 26.8 Å². The Balaban J connectivity index is 3.05. The van der Waals surface area contributed by atoms with Crippen LogP contribution in [0, 0.1) is 0 Å². The van der Waals surface area contributed by atoms with Crippen molar-refractivity contribution in [2.75, 3.05) is 0 Å². The zero-order valence-electron chi connectivity index (χ0n) is 11.3. The van der Waals surface area contributed by atoms with E-state index < -0.39 is 68.3 Å². The molecule has 3 N–H and O–H groups in total. The van der Waals surface area contributed by atoms with Crippen LogP contribution in [-0.4, -0.2) is 49.4 Å². The molecule has 2 rings (SSSR count). The fraction of sp³-hybridized carbons (Fsp3) is 0.100. The first-order chi connectivity index (χ1) is 10.7. The Morgan fingerprint density at radius 1 is 0.917 bits per heavy atom. The summed E-state index contributed by atoms with van der Waals surface area (Å²) in [5.41, 5.74) is 7.52. The number of hydrogen-bond donors (Lipinski definition) is 3. The highest BCUT2D eigenvalue weighted by molar-refractivity contribution is 7.90. The third kappa shape index (κ3) is 3.44. The highest BCUT2D eigenvalue weighted by atomic mass is 32.2. The fourth-order valence-electron chi connectivity index (χ4n) is 2.11. The molecule has 0 spiro atoms. The number of nitrogens with zero attached hydrogens (tertiary/aromatic N) is 2. The lowest BCUT2D eigenvalue weighted by Crippen LogP contribution is -2.20. The molecule has 11 nitrogen and oxygen atoms in total. The van der Waals surface area contributed by atoms with E-state index in [-0.39, 0.29) is 0 Å². The van der Waals surface area contributed by atoms with Crippen molar-refractivity contribution in [2.45, 2.75) is 16.2 Å². The second-order valence-electron chi connectivity index (χ2n) is 4.64. The monoisotopic (exact) mass is 396 g/mol. The van der Waals surface area contributed by atoms with Crippen molar-refractivity contribution < 1.29 is 43.7 Å². The molecule has 0 aromatic heterocycles. The van der Waals surface area contributed by atoms with Crippen LogP contribution in [0.1, 0.15) is 17.5 Å². The third-order valence-electron chi connectivity index (χ3n) is 3.08. The summed E-state index contributed by atoms with van der Waals surface area (Å²) in [6.45, 7) is 0. The molecule has 0 saturated carbocycles. The second-order valence-corrected chi connectivity index (χ2v) is 8.93. The van der Waals surface area contributed by atoms with Crippen LogP contribution in [0.4, 0.5) is 0 Å². The summed E-state index contributed by atoms with van der Waals surface area (Å²) in [6.07, 6.45) is 0.0127. The number of benzene rings is 1. The smallest absolute Gasteiger partial charge is 0.306 e. The van der Waals surface area contributed by atoms with E-state index in [1.165, 1.54) is 0 Å². The molecule has 0 amide bonds. The Morgan fingerprint density at radius 2 is 1.50 bits per heavy atom. The summed E-state index contributed by atoms with van der Waals surface area (Å²) < 4.78 is 95.3. The molecule has 0 aliphatic heterocycles. The number of hydrogen-bond acceptors (Lipinski definition) is 6. The molecule has 130 valence electrons. The number of allylic oxidation sites excluding steroid dienone is 1. The van der Waals surface area contributed by atoms with E-state index >= 15 is 0 Å². The van der Waals surface area contributed by atoms with Gasteiger partial charge in [-0.05, 0) is 23.8 Å². The third-order valence-corrected chi connectivity index (χ3v) is 5.71. The number of rotatable bonds is 3. The Labute approximate surface area is 136 Å². The lowest BCUT2D eigenvalue weighted by molar-refractivity contribution is -0.00645. The molecule has 1 aromatic carbocycles. The van der Waals surface area contributed by atoms with E-state index in [4.69, 9.17) is 14.6 Å². The minimum atomic E-state index is -5.03. The van der Waals surface area contributed by atoms with Crippen LogP contribution in [-0.2, 0) is 30.4 Å². The van der Waals surface area contributed by atoms with Gasteiger partial charge in [0.2, 0.25) is 0 Å². The van der Waals surface area contributed by atoms with E-state index in [0.29, 0.717) is 12.1 Å². The van der Waals surface area contributed by atoms with Gasteiger partial charge in [0.05, 0.1) is 21.8 Å². The molecule has 1 aliphatic carbocycles. The lowest BCUT2D eigenvalue weighted by atomic mass is 9.95. The van der Waals surface area contributed by atoms with Gasteiger partial charge >= 0.3 is 5.71 Å². The average Bonchev–Trinajstić information content (AvgIpc) is 2.41. The van der Waals surface area contributed by atoms with Crippen LogP contribution >= 0.6 is 0 Å². The largest absolute Gasteiger partial charge is 0.361 e. The predicted octanol–water partition coefficient (Wildman–Crippen LogP) is -0.169. The van der Waals surface area contributed by atoms with Crippen molar-refractivity contribution in [3.63, 3.8) is 0 Å². The van der Waals surface area contributed by atoms with E-state index in [9.17, 15) is 29.8 Å². The lowest BCUT2D eigenvalue weighted by Gasteiger charge is -2.15. The quantitative estimate of drug-likeness (QED) is 0.352. The molecule has 0 heterocycles. The Bertz CT molecular complexity index is 1140. The van der Waals surface area contributed by atoms with Crippen molar-refractivity contribution in [2.24, 2.45) is 0 Å². The first-order valence-corrected chi connectivity index (χ1v) is 10.1. The second kappa shape index (κ2) is 5.56. The van der Waals surface area contributed by atoms with Gasteiger partial charge < -0.3 is 5.53 Å². The molecule has 0 atom stereocenters. The van der Waals surface area contributed by atoms with Gasteiger partial charge in [0.25, 0.3) is 30.4 Å². The zero-order chi connectivity index (χ0) is 18.5. The molecule has 0 unspecified atom stereocenters. The molecule has 14 heteroatoms. The van der Waals surface area contributed by atoms with Gasteiger partial charge in [0, 0.05) is 0 Å². The molecule has 0 saturated heterocycles. The van der Waals surface area contributed by atoms with Crippen LogP contribution in [0.25, 0.3) is 11.6 Å². The van der Waals surface area contributed by atoms with Crippen LogP contribution in [0.5, 0.6) is 0 Å². The molecule has 24 heavy (non-hydrogen) atoms. The highest BCUT2D eigenvalue weighted by Gasteiger charge is 2.35. The standard InChI is InChI=1S/C10H8N2O9S3/c11-12-8-3-6(22(13,14)15)1-5-2-7(23(16,17)18)4-9(10(5)8)24(19,20)21/h1-2,4H,3H2,(H,13,14,15)(H,16,17,18)(H,19,20,21). The van der Waals surface area contributed by atoms with Crippen molar-refractivity contribution in [1.29, 1.82) is 0 Å². The topological polar surface area (TPSA) is 200 Å².